The molecule has 0 saturated carbocycles. The molecule has 0 atom stereocenters. The Hall–Kier alpha value is -1.71. The highest BCUT2D eigenvalue weighted by Crippen LogP contribution is 2.36. The fourth-order valence-corrected chi connectivity index (χ4v) is 2.12. The Morgan fingerprint density at radius 3 is 2.94 bits per heavy atom. The number of fused-ring (bicyclic) bond motifs is 1. The second-order valence-electron chi connectivity index (χ2n) is 4.13. The summed E-state index contributed by atoms with van der Waals surface area (Å²) in [6.45, 7) is 7.23. The van der Waals surface area contributed by atoms with E-state index >= 15 is 0 Å². The maximum Gasteiger partial charge on any atom is 0.414 e. The lowest BCUT2D eigenvalue weighted by Gasteiger charge is -2.30. The molecule has 1 aromatic carbocycles. The van der Waals surface area contributed by atoms with Crippen molar-refractivity contribution < 1.29 is 14.3 Å². The van der Waals surface area contributed by atoms with Crippen molar-refractivity contribution in [3.63, 3.8) is 0 Å². The third-order valence-corrected chi connectivity index (χ3v) is 2.74. The van der Waals surface area contributed by atoms with Gasteiger partial charge in [0.25, 0.3) is 0 Å². The van der Waals surface area contributed by atoms with Gasteiger partial charge in [-0.15, -0.1) is 0 Å². The maximum atomic E-state index is 11.8. The SMILES string of the molecule is CCOC(=O)N1CCOc2cc(C)cc(C)c21. The van der Waals surface area contributed by atoms with Gasteiger partial charge >= 0.3 is 6.09 Å². The van der Waals surface area contributed by atoms with E-state index in [9.17, 15) is 4.79 Å². The van der Waals surface area contributed by atoms with Crippen LogP contribution in [0.1, 0.15) is 18.1 Å². The first kappa shape index (κ1) is 11.8. The van der Waals surface area contributed by atoms with E-state index in [1.54, 1.807) is 11.8 Å². The zero-order valence-corrected chi connectivity index (χ0v) is 10.4. The predicted molar refractivity (Wildman–Crippen MR) is 65.8 cm³/mol. The van der Waals surface area contributed by atoms with Gasteiger partial charge in [-0.2, -0.15) is 0 Å². The zero-order chi connectivity index (χ0) is 12.4. The lowest BCUT2D eigenvalue weighted by Crippen LogP contribution is -2.38. The van der Waals surface area contributed by atoms with Crippen molar-refractivity contribution >= 4 is 11.8 Å². The van der Waals surface area contributed by atoms with E-state index in [1.165, 1.54) is 0 Å². The molecule has 92 valence electrons. The first-order valence-corrected chi connectivity index (χ1v) is 5.81. The standard InChI is InChI=1S/C13H17NO3/c1-4-16-13(15)14-5-6-17-11-8-9(2)7-10(3)12(11)14/h7-8H,4-6H2,1-3H3. The summed E-state index contributed by atoms with van der Waals surface area (Å²) in [5.74, 6) is 0.766. The molecule has 1 aliphatic rings. The summed E-state index contributed by atoms with van der Waals surface area (Å²) in [4.78, 5) is 13.5. The van der Waals surface area contributed by atoms with E-state index in [0.717, 1.165) is 22.6 Å². The Morgan fingerprint density at radius 1 is 1.47 bits per heavy atom. The Kier molecular flexibility index (Phi) is 3.22. The van der Waals surface area contributed by atoms with Gasteiger partial charge in [0.05, 0.1) is 18.8 Å². The summed E-state index contributed by atoms with van der Waals surface area (Å²) in [7, 11) is 0. The fourth-order valence-electron chi connectivity index (χ4n) is 2.12. The van der Waals surface area contributed by atoms with Crippen LogP contribution in [0.4, 0.5) is 10.5 Å². The fraction of sp³-hybridized carbons (Fsp3) is 0.462. The van der Waals surface area contributed by atoms with E-state index in [-0.39, 0.29) is 6.09 Å². The molecule has 0 saturated heterocycles. The molecule has 4 heteroatoms. The Balaban J connectivity index is 2.40. The molecule has 1 amide bonds. The van der Waals surface area contributed by atoms with Gasteiger partial charge in [0.15, 0.2) is 0 Å². The molecule has 0 radical (unpaired) electrons. The average molecular weight is 235 g/mol. The van der Waals surface area contributed by atoms with Crippen molar-refractivity contribution in [1.82, 2.24) is 0 Å². The Labute approximate surface area is 101 Å². The van der Waals surface area contributed by atoms with Crippen molar-refractivity contribution in [3.8, 4) is 5.75 Å². The third-order valence-electron chi connectivity index (χ3n) is 2.74. The molecule has 0 spiro atoms. The molecule has 2 rings (SSSR count). The molecule has 17 heavy (non-hydrogen) atoms. The second kappa shape index (κ2) is 4.65. The third kappa shape index (κ3) is 2.20. The normalized spacial score (nSPS) is 13.9. The van der Waals surface area contributed by atoms with Crippen LogP contribution in [-0.4, -0.2) is 25.9 Å². The number of hydrogen-bond donors (Lipinski definition) is 0. The lowest BCUT2D eigenvalue weighted by atomic mass is 10.1. The number of carbonyl (C=O) groups is 1. The predicted octanol–water partition coefficient (Wildman–Crippen LogP) is 2.66. The van der Waals surface area contributed by atoms with Crippen LogP contribution in [0.3, 0.4) is 0 Å². The van der Waals surface area contributed by atoms with Crippen LogP contribution in [0.2, 0.25) is 0 Å². The second-order valence-corrected chi connectivity index (χ2v) is 4.13. The Morgan fingerprint density at radius 2 is 2.24 bits per heavy atom. The van der Waals surface area contributed by atoms with Gasteiger partial charge in [0.2, 0.25) is 0 Å². The molecule has 4 nitrogen and oxygen atoms in total. The van der Waals surface area contributed by atoms with E-state index in [4.69, 9.17) is 9.47 Å². The van der Waals surface area contributed by atoms with Crippen LogP contribution < -0.4 is 9.64 Å². The summed E-state index contributed by atoms with van der Waals surface area (Å²) >= 11 is 0. The van der Waals surface area contributed by atoms with Gasteiger partial charge < -0.3 is 9.47 Å². The van der Waals surface area contributed by atoms with Crippen LogP contribution in [0.15, 0.2) is 12.1 Å². The highest BCUT2D eigenvalue weighted by atomic mass is 16.6. The van der Waals surface area contributed by atoms with Crippen molar-refractivity contribution in [2.45, 2.75) is 20.8 Å². The van der Waals surface area contributed by atoms with E-state index in [2.05, 4.69) is 0 Å². The molecular weight excluding hydrogens is 218 g/mol. The molecule has 0 aliphatic carbocycles. The van der Waals surface area contributed by atoms with Gasteiger partial charge in [-0.25, -0.2) is 4.79 Å². The largest absolute Gasteiger partial charge is 0.490 e. The number of aryl methyl sites for hydroxylation is 2. The van der Waals surface area contributed by atoms with Gasteiger partial charge in [-0.05, 0) is 38.0 Å². The van der Waals surface area contributed by atoms with E-state index in [0.29, 0.717) is 19.8 Å². The summed E-state index contributed by atoms with van der Waals surface area (Å²) in [6.07, 6.45) is -0.302. The van der Waals surface area contributed by atoms with Crippen LogP contribution in [-0.2, 0) is 4.74 Å². The van der Waals surface area contributed by atoms with E-state index < -0.39 is 0 Å². The number of anilines is 1. The molecular formula is C13H17NO3. The maximum absolute atomic E-state index is 11.8. The first-order chi connectivity index (χ1) is 8.13. The number of ether oxygens (including phenoxy) is 2. The molecule has 1 aliphatic heterocycles. The molecule has 0 N–H and O–H groups in total. The molecule has 0 fully saturated rings. The van der Waals surface area contributed by atoms with Gasteiger partial charge in [-0.1, -0.05) is 6.07 Å². The van der Waals surface area contributed by atoms with Gasteiger partial charge in [0, 0.05) is 0 Å². The van der Waals surface area contributed by atoms with Crippen LogP contribution in [0, 0.1) is 13.8 Å². The minimum absolute atomic E-state index is 0.302. The molecule has 0 unspecified atom stereocenters. The van der Waals surface area contributed by atoms with Crippen molar-refractivity contribution in [2.75, 3.05) is 24.7 Å². The minimum Gasteiger partial charge on any atom is -0.490 e. The van der Waals surface area contributed by atoms with Crippen LogP contribution in [0.25, 0.3) is 0 Å². The summed E-state index contributed by atoms with van der Waals surface area (Å²) < 4.78 is 10.6. The molecule has 0 aromatic heterocycles. The minimum atomic E-state index is -0.302. The Bertz CT molecular complexity index is 443. The molecule has 1 aromatic rings. The van der Waals surface area contributed by atoms with Gasteiger partial charge in [-0.3, -0.25) is 4.90 Å². The van der Waals surface area contributed by atoms with Crippen LogP contribution >= 0.6 is 0 Å². The average Bonchev–Trinajstić information content (AvgIpc) is 2.28. The highest BCUT2D eigenvalue weighted by Gasteiger charge is 2.26. The summed E-state index contributed by atoms with van der Waals surface area (Å²) in [6, 6.07) is 3.99. The number of amides is 1. The van der Waals surface area contributed by atoms with Crippen LogP contribution in [0.5, 0.6) is 5.75 Å². The molecule has 1 heterocycles. The number of hydrogen-bond acceptors (Lipinski definition) is 3. The molecule has 0 bridgehead atoms. The number of benzene rings is 1. The number of carbonyl (C=O) groups excluding carboxylic acids is 1. The quantitative estimate of drug-likeness (QED) is 0.751. The first-order valence-electron chi connectivity index (χ1n) is 5.81. The van der Waals surface area contributed by atoms with E-state index in [1.807, 2.05) is 26.0 Å². The van der Waals surface area contributed by atoms with Crippen molar-refractivity contribution in [1.29, 1.82) is 0 Å². The summed E-state index contributed by atoms with van der Waals surface area (Å²) in [5.41, 5.74) is 3.00. The highest BCUT2D eigenvalue weighted by molar-refractivity contribution is 5.91. The lowest BCUT2D eigenvalue weighted by molar-refractivity contribution is 0.156. The smallest absolute Gasteiger partial charge is 0.414 e. The van der Waals surface area contributed by atoms with Crippen molar-refractivity contribution in [2.24, 2.45) is 0 Å². The summed E-state index contributed by atoms with van der Waals surface area (Å²) in [5, 5.41) is 0. The topological polar surface area (TPSA) is 38.8 Å². The van der Waals surface area contributed by atoms with Crippen molar-refractivity contribution in [3.05, 3.63) is 23.3 Å². The van der Waals surface area contributed by atoms with Gasteiger partial charge in [0.1, 0.15) is 12.4 Å². The number of nitrogens with zero attached hydrogens (tertiary/aromatic N) is 1. The number of rotatable bonds is 1. The zero-order valence-electron chi connectivity index (χ0n) is 10.4. The monoisotopic (exact) mass is 235 g/mol.